The van der Waals surface area contributed by atoms with Gasteiger partial charge in [-0.2, -0.15) is 0 Å². The largest absolute Gasteiger partial charge is 0.341 e. The number of alkyl halides is 1. The summed E-state index contributed by atoms with van der Waals surface area (Å²) in [6.07, 6.45) is 2.05. The van der Waals surface area contributed by atoms with Gasteiger partial charge in [0, 0.05) is 13.1 Å². The highest BCUT2D eigenvalue weighted by molar-refractivity contribution is 6.30. The van der Waals surface area contributed by atoms with E-state index in [0.717, 1.165) is 25.9 Å². The lowest BCUT2D eigenvalue weighted by atomic mass is 10.1. The quantitative estimate of drug-likeness (QED) is 0.744. The van der Waals surface area contributed by atoms with Crippen LogP contribution >= 0.6 is 11.6 Å². The zero-order chi connectivity index (χ0) is 12.4. The molecule has 0 saturated carbocycles. The molecule has 1 atom stereocenters. The van der Waals surface area contributed by atoms with E-state index in [2.05, 4.69) is 0 Å². The smallest absolute Gasteiger partial charge is 0.245 e. The Labute approximate surface area is 105 Å². The summed E-state index contributed by atoms with van der Waals surface area (Å²) in [6.45, 7) is 3.21. The summed E-state index contributed by atoms with van der Waals surface area (Å²) < 4.78 is 13.4. The number of hydrogen-bond acceptors (Lipinski definition) is 1. The Balaban J connectivity index is 2.15. The van der Waals surface area contributed by atoms with Gasteiger partial charge in [-0.1, -0.05) is 12.1 Å². The lowest BCUT2D eigenvalue weighted by Gasteiger charge is -2.19. The summed E-state index contributed by atoms with van der Waals surface area (Å²) in [6, 6.07) is 4.71. The van der Waals surface area contributed by atoms with Gasteiger partial charge in [0.05, 0.1) is 0 Å². The molecule has 2 nitrogen and oxygen atoms in total. The average molecular weight is 256 g/mol. The summed E-state index contributed by atoms with van der Waals surface area (Å²) in [5, 5.41) is -0.775. The predicted octanol–water partition coefficient (Wildman–Crippen LogP) is 3.04. The van der Waals surface area contributed by atoms with Gasteiger partial charge in [0.15, 0.2) is 0 Å². The van der Waals surface area contributed by atoms with Crippen LogP contribution in [0.2, 0.25) is 0 Å². The minimum atomic E-state index is -0.775. The Morgan fingerprint density at radius 1 is 1.41 bits per heavy atom. The first-order valence-corrected chi connectivity index (χ1v) is 6.22. The van der Waals surface area contributed by atoms with Crippen molar-refractivity contribution in [3.8, 4) is 0 Å². The highest BCUT2D eigenvalue weighted by atomic mass is 35.5. The molecule has 2 rings (SSSR count). The maximum absolute atomic E-state index is 13.4. The van der Waals surface area contributed by atoms with Crippen molar-refractivity contribution in [1.29, 1.82) is 0 Å². The molecular weight excluding hydrogens is 241 g/mol. The number of nitrogens with zero attached hydrogens (tertiary/aromatic N) is 1. The van der Waals surface area contributed by atoms with Crippen molar-refractivity contribution >= 4 is 17.5 Å². The normalized spacial score (nSPS) is 17.2. The highest BCUT2D eigenvalue weighted by Gasteiger charge is 2.26. The van der Waals surface area contributed by atoms with Crippen LogP contribution in [-0.4, -0.2) is 23.9 Å². The van der Waals surface area contributed by atoms with Gasteiger partial charge in [0.2, 0.25) is 5.91 Å². The maximum atomic E-state index is 13.4. The van der Waals surface area contributed by atoms with Crippen LogP contribution in [0, 0.1) is 12.7 Å². The van der Waals surface area contributed by atoms with Crippen LogP contribution in [0.1, 0.15) is 29.3 Å². The summed E-state index contributed by atoms with van der Waals surface area (Å²) >= 11 is 6.10. The van der Waals surface area contributed by atoms with Crippen LogP contribution in [0.5, 0.6) is 0 Å². The van der Waals surface area contributed by atoms with Gasteiger partial charge >= 0.3 is 0 Å². The van der Waals surface area contributed by atoms with Crippen LogP contribution in [0.3, 0.4) is 0 Å². The van der Waals surface area contributed by atoms with Gasteiger partial charge < -0.3 is 4.90 Å². The molecule has 0 N–H and O–H groups in total. The Morgan fingerprint density at radius 2 is 2.06 bits per heavy atom. The van der Waals surface area contributed by atoms with Crippen LogP contribution in [0.15, 0.2) is 18.2 Å². The van der Waals surface area contributed by atoms with Crippen molar-refractivity contribution in [3.05, 3.63) is 35.1 Å². The molecule has 1 heterocycles. The standard InChI is InChI=1S/C13H15ClFNO/c1-9-4-5-10(8-11(9)15)12(14)13(17)16-6-2-3-7-16/h4-5,8,12H,2-3,6-7H2,1H3. The average Bonchev–Trinajstić information content (AvgIpc) is 2.84. The number of hydrogen-bond donors (Lipinski definition) is 0. The number of halogens is 2. The summed E-state index contributed by atoms with van der Waals surface area (Å²) in [7, 11) is 0. The van der Waals surface area contributed by atoms with E-state index in [0.29, 0.717) is 11.1 Å². The second kappa shape index (κ2) is 5.05. The fourth-order valence-corrected chi connectivity index (χ4v) is 2.28. The van der Waals surface area contributed by atoms with Gasteiger partial charge in [0.25, 0.3) is 0 Å². The molecule has 17 heavy (non-hydrogen) atoms. The summed E-state index contributed by atoms with van der Waals surface area (Å²) in [5.74, 6) is -0.435. The lowest BCUT2D eigenvalue weighted by Crippen LogP contribution is -2.30. The van der Waals surface area contributed by atoms with E-state index in [1.807, 2.05) is 0 Å². The highest BCUT2D eigenvalue weighted by Crippen LogP contribution is 2.26. The fraction of sp³-hybridized carbons (Fsp3) is 0.462. The Kier molecular flexibility index (Phi) is 3.67. The molecule has 1 aromatic carbocycles. The fourth-order valence-electron chi connectivity index (χ4n) is 2.01. The van der Waals surface area contributed by atoms with Gasteiger partial charge in [-0.3, -0.25) is 4.79 Å². The minimum absolute atomic E-state index is 0.118. The molecule has 1 aliphatic heterocycles. The molecule has 0 spiro atoms. The zero-order valence-electron chi connectivity index (χ0n) is 9.75. The van der Waals surface area contributed by atoms with E-state index >= 15 is 0 Å². The first-order chi connectivity index (χ1) is 8.09. The molecule has 1 aliphatic rings. The monoisotopic (exact) mass is 255 g/mol. The number of carbonyl (C=O) groups excluding carboxylic acids is 1. The van der Waals surface area contributed by atoms with Crippen molar-refractivity contribution < 1.29 is 9.18 Å². The molecule has 0 radical (unpaired) electrons. The Morgan fingerprint density at radius 3 is 2.65 bits per heavy atom. The van der Waals surface area contributed by atoms with E-state index < -0.39 is 5.38 Å². The third kappa shape index (κ3) is 2.60. The number of aryl methyl sites for hydroxylation is 1. The number of benzene rings is 1. The van der Waals surface area contributed by atoms with Crippen molar-refractivity contribution in [3.63, 3.8) is 0 Å². The molecule has 92 valence electrons. The van der Waals surface area contributed by atoms with Gasteiger partial charge in [-0.15, -0.1) is 11.6 Å². The number of rotatable bonds is 2. The summed E-state index contributed by atoms with van der Waals surface area (Å²) in [5.41, 5.74) is 1.10. The molecule has 4 heteroatoms. The zero-order valence-corrected chi connectivity index (χ0v) is 10.5. The van der Waals surface area contributed by atoms with Crippen molar-refractivity contribution in [2.75, 3.05) is 13.1 Å². The Hall–Kier alpha value is -1.09. The first kappa shape index (κ1) is 12.4. The number of amides is 1. The van der Waals surface area contributed by atoms with E-state index in [4.69, 9.17) is 11.6 Å². The molecule has 0 aliphatic carbocycles. The van der Waals surface area contributed by atoms with E-state index in [-0.39, 0.29) is 11.7 Å². The second-order valence-corrected chi connectivity index (χ2v) is 4.84. The molecular formula is C13H15ClFNO. The topological polar surface area (TPSA) is 20.3 Å². The van der Waals surface area contributed by atoms with E-state index in [1.165, 1.54) is 6.07 Å². The minimum Gasteiger partial charge on any atom is -0.341 e. The number of likely N-dealkylation sites (tertiary alicyclic amines) is 1. The summed E-state index contributed by atoms with van der Waals surface area (Å²) in [4.78, 5) is 13.8. The van der Waals surface area contributed by atoms with E-state index in [9.17, 15) is 9.18 Å². The third-order valence-electron chi connectivity index (χ3n) is 3.12. The molecule has 1 fully saturated rings. The molecule has 1 amide bonds. The molecule has 1 aromatic rings. The first-order valence-electron chi connectivity index (χ1n) is 5.78. The second-order valence-electron chi connectivity index (χ2n) is 4.40. The van der Waals surface area contributed by atoms with Crippen molar-refractivity contribution in [2.45, 2.75) is 25.1 Å². The van der Waals surface area contributed by atoms with Crippen molar-refractivity contribution in [2.24, 2.45) is 0 Å². The van der Waals surface area contributed by atoms with Crippen LogP contribution in [0.4, 0.5) is 4.39 Å². The van der Waals surface area contributed by atoms with Crippen LogP contribution < -0.4 is 0 Å². The van der Waals surface area contributed by atoms with Crippen LogP contribution in [0.25, 0.3) is 0 Å². The van der Waals surface area contributed by atoms with Gasteiger partial charge in [0.1, 0.15) is 11.2 Å². The maximum Gasteiger partial charge on any atom is 0.245 e. The Bertz CT molecular complexity index is 429. The third-order valence-corrected chi connectivity index (χ3v) is 3.56. The number of carbonyl (C=O) groups is 1. The van der Waals surface area contributed by atoms with Gasteiger partial charge in [-0.25, -0.2) is 4.39 Å². The predicted molar refractivity (Wildman–Crippen MR) is 65.5 cm³/mol. The van der Waals surface area contributed by atoms with Crippen LogP contribution in [-0.2, 0) is 4.79 Å². The SMILES string of the molecule is Cc1ccc(C(Cl)C(=O)N2CCCC2)cc1F. The van der Waals surface area contributed by atoms with Gasteiger partial charge in [-0.05, 0) is 37.0 Å². The molecule has 0 bridgehead atoms. The molecule has 1 saturated heterocycles. The molecule has 0 aromatic heterocycles. The molecule has 1 unspecified atom stereocenters. The van der Waals surface area contributed by atoms with E-state index in [1.54, 1.807) is 24.0 Å². The van der Waals surface area contributed by atoms with Crippen molar-refractivity contribution in [1.82, 2.24) is 4.90 Å². The lowest BCUT2D eigenvalue weighted by molar-refractivity contribution is -0.129.